The van der Waals surface area contributed by atoms with Crippen LogP contribution in [-0.4, -0.2) is 44.8 Å². The van der Waals surface area contributed by atoms with Crippen LogP contribution in [0, 0.1) is 22.0 Å². The van der Waals surface area contributed by atoms with Crippen LogP contribution in [0.5, 0.6) is 0 Å². The lowest BCUT2D eigenvalue weighted by atomic mass is 10.0. The van der Waals surface area contributed by atoms with E-state index in [0.717, 1.165) is 151 Å². The highest BCUT2D eigenvalue weighted by molar-refractivity contribution is 6.00. The number of benzene rings is 6. The zero-order chi connectivity index (χ0) is 59.4. The standard InChI is InChI=1S/C78H49N9O2/c88-87(89)57-30-26-54(27-31-57)78-71-45-41-67(85-71)75(51-17-9-3-10-18-51)63-37-35-59(81-63)58(60-36-38-64(82-60)76(52-19-11-4-12-20-52)68-42-46-72(78)86-68)32-23-48-21-24-53(25-22-48)77-69-43-39-65(83-69)73(49-13-5-1-6-14-49)61-33-28-55(79-61)47-56-29-34-62(80-56)74(50-15-7-2-8-16-50)66-40-44-70(77)84-66/h1-22,24-31,33-47,79,81,84,86H. The zero-order valence-corrected chi connectivity index (χ0v) is 47.5. The van der Waals surface area contributed by atoms with Crippen molar-refractivity contribution in [1.29, 1.82) is 0 Å². The van der Waals surface area contributed by atoms with E-state index >= 15 is 0 Å². The van der Waals surface area contributed by atoms with Crippen molar-refractivity contribution in [3.05, 3.63) is 291 Å². The van der Waals surface area contributed by atoms with Gasteiger partial charge in [0.25, 0.3) is 5.69 Å². The van der Waals surface area contributed by atoms with E-state index in [4.69, 9.17) is 19.9 Å². The number of H-pyrrole nitrogens is 4. The van der Waals surface area contributed by atoms with Gasteiger partial charge in [0.2, 0.25) is 0 Å². The number of nitrogens with zero attached hydrogens (tertiary/aromatic N) is 5. The van der Waals surface area contributed by atoms with Gasteiger partial charge in [-0.05, 0) is 161 Å². The van der Waals surface area contributed by atoms with E-state index < -0.39 is 0 Å². The van der Waals surface area contributed by atoms with Crippen LogP contribution in [0.2, 0.25) is 0 Å². The lowest BCUT2D eigenvalue weighted by molar-refractivity contribution is -0.384. The number of aromatic amines is 4. The molecule has 6 aromatic carbocycles. The first-order valence-electron chi connectivity index (χ1n) is 29.3. The highest BCUT2D eigenvalue weighted by Gasteiger charge is 2.21. The molecule has 0 radical (unpaired) electrons. The van der Waals surface area contributed by atoms with Crippen molar-refractivity contribution >= 4 is 98.4 Å². The molecule has 0 amide bonds. The predicted molar refractivity (Wildman–Crippen MR) is 363 cm³/mol. The van der Waals surface area contributed by atoms with Gasteiger partial charge < -0.3 is 19.9 Å². The fourth-order valence-corrected chi connectivity index (χ4v) is 12.3. The minimum absolute atomic E-state index is 0.00728. The van der Waals surface area contributed by atoms with Gasteiger partial charge in [-0.25, -0.2) is 19.9 Å². The number of fused-ring (bicyclic) bond motifs is 16. The van der Waals surface area contributed by atoms with Gasteiger partial charge in [-0.2, -0.15) is 0 Å². The predicted octanol–water partition coefficient (Wildman–Crippen LogP) is 18.9. The Morgan fingerprint density at radius 3 is 1.06 bits per heavy atom. The maximum Gasteiger partial charge on any atom is 0.269 e. The lowest BCUT2D eigenvalue weighted by Crippen LogP contribution is -1.90. The molecule has 0 spiro atoms. The minimum atomic E-state index is -0.383. The van der Waals surface area contributed by atoms with Crippen LogP contribution in [0.1, 0.15) is 56.7 Å². The van der Waals surface area contributed by atoms with E-state index in [2.05, 4.69) is 202 Å². The molecule has 0 saturated carbocycles. The molecule has 89 heavy (non-hydrogen) atoms. The van der Waals surface area contributed by atoms with E-state index in [0.29, 0.717) is 17.0 Å². The van der Waals surface area contributed by atoms with Crippen molar-refractivity contribution in [1.82, 2.24) is 39.9 Å². The zero-order valence-electron chi connectivity index (χ0n) is 47.5. The topological polar surface area (TPSA) is 158 Å². The van der Waals surface area contributed by atoms with Crippen molar-refractivity contribution in [2.45, 2.75) is 0 Å². The average molecular weight is 1140 g/mol. The molecule has 16 rings (SSSR count). The lowest BCUT2D eigenvalue weighted by Gasteiger charge is -2.06. The second kappa shape index (κ2) is 21.8. The molecule has 4 aliphatic heterocycles. The summed E-state index contributed by atoms with van der Waals surface area (Å²) in [6.45, 7) is 0. The fraction of sp³-hybridized carbons (Fsp3) is 0. The maximum absolute atomic E-state index is 11.8. The number of aromatic nitrogens is 8. The largest absolute Gasteiger partial charge is 0.355 e. The number of hydrogen-bond donors (Lipinski definition) is 4. The van der Waals surface area contributed by atoms with Gasteiger partial charge in [0.1, 0.15) is 0 Å². The first kappa shape index (κ1) is 52.1. The third-order valence-corrected chi connectivity index (χ3v) is 16.5. The Hall–Kier alpha value is -12.5. The monoisotopic (exact) mass is 1140 g/mol. The number of non-ortho nitro benzene ring substituents is 1. The Balaban J connectivity index is 0.897. The molecule has 0 aliphatic carbocycles. The van der Waals surface area contributed by atoms with Crippen molar-refractivity contribution in [2.75, 3.05) is 0 Å². The molecule has 11 nitrogen and oxygen atoms in total. The molecular formula is C78H49N9O2. The molecule has 11 heteroatoms. The van der Waals surface area contributed by atoms with Gasteiger partial charge in [-0.15, -0.1) is 0 Å². The Labute approximate surface area is 510 Å². The highest BCUT2D eigenvalue weighted by Crippen LogP contribution is 2.40. The summed E-state index contributed by atoms with van der Waals surface area (Å²) in [7, 11) is 0. The summed E-state index contributed by atoms with van der Waals surface area (Å²) in [5.74, 6) is 7.20. The molecule has 16 bridgehead atoms. The molecule has 6 aromatic heterocycles. The van der Waals surface area contributed by atoms with E-state index in [9.17, 15) is 10.1 Å². The molecule has 0 atom stereocenters. The molecule has 4 aliphatic rings. The summed E-state index contributed by atoms with van der Waals surface area (Å²) >= 11 is 0. The smallest absolute Gasteiger partial charge is 0.269 e. The SMILES string of the molecule is O=[N+]([O-])c1ccc(-c2c3nc(c(-c4ccccc4)c4ccc([nH]4)c(C#Cc4ccc(-c5c6nc(c(-c7ccccc7)c7ccc(cc8nc(c(-c9ccccc9)c9ccc5[nH]9)C=C8)[nH]7)C=C6)cc4)c4nc(c(-c5ccccc5)c5ccc2[nH]5)C=C4)C=C3)cc1. The first-order valence-corrected chi connectivity index (χ1v) is 29.3. The van der Waals surface area contributed by atoms with E-state index in [-0.39, 0.29) is 10.6 Å². The molecule has 0 saturated heterocycles. The third kappa shape index (κ3) is 9.75. The quantitative estimate of drug-likeness (QED) is 0.0707. The normalized spacial score (nSPS) is 12.1. The second-order valence-corrected chi connectivity index (χ2v) is 22.0. The summed E-state index contributed by atoms with van der Waals surface area (Å²) < 4.78 is 0. The molecule has 12 aromatic rings. The van der Waals surface area contributed by atoms with Crippen molar-refractivity contribution in [3.8, 4) is 78.6 Å². The Morgan fingerprint density at radius 1 is 0.303 bits per heavy atom. The van der Waals surface area contributed by atoms with E-state index in [1.54, 1.807) is 12.1 Å². The van der Waals surface area contributed by atoms with Gasteiger partial charge in [-0.1, -0.05) is 145 Å². The van der Waals surface area contributed by atoms with Crippen LogP contribution < -0.4 is 0 Å². The van der Waals surface area contributed by atoms with E-state index in [1.165, 1.54) is 12.1 Å². The maximum atomic E-state index is 11.8. The first-order chi connectivity index (χ1) is 43.9. The van der Waals surface area contributed by atoms with E-state index in [1.807, 2.05) is 78.9 Å². The Kier molecular flexibility index (Phi) is 12.8. The van der Waals surface area contributed by atoms with Crippen LogP contribution in [0.15, 0.2) is 224 Å². The van der Waals surface area contributed by atoms with Gasteiger partial charge >= 0.3 is 0 Å². The summed E-state index contributed by atoms with van der Waals surface area (Å²) in [6, 6.07) is 75.1. The summed E-state index contributed by atoms with van der Waals surface area (Å²) in [6.07, 6.45) is 16.5. The number of nitro benzene ring substituents is 1. The minimum Gasteiger partial charge on any atom is -0.355 e. The summed E-state index contributed by atoms with van der Waals surface area (Å²) in [5.41, 5.74) is 26.0. The molecule has 418 valence electrons. The van der Waals surface area contributed by atoms with Gasteiger partial charge in [-0.3, -0.25) is 10.1 Å². The van der Waals surface area contributed by atoms with Crippen LogP contribution in [0.3, 0.4) is 0 Å². The van der Waals surface area contributed by atoms with Crippen LogP contribution in [0.4, 0.5) is 5.69 Å². The van der Waals surface area contributed by atoms with Crippen LogP contribution >= 0.6 is 0 Å². The third-order valence-electron chi connectivity index (χ3n) is 16.5. The summed E-state index contributed by atoms with van der Waals surface area (Å²) in [4.78, 5) is 48.0. The molecule has 10 heterocycles. The number of nitro groups is 1. The average Bonchev–Trinajstić information content (AvgIpc) is 3.19. The molecule has 0 fully saturated rings. The number of rotatable bonds is 7. The van der Waals surface area contributed by atoms with Crippen LogP contribution in [-0.2, 0) is 0 Å². The van der Waals surface area contributed by atoms with Gasteiger partial charge in [0.05, 0.1) is 61.6 Å². The van der Waals surface area contributed by atoms with Gasteiger partial charge in [0.15, 0.2) is 0 Å². The molecule has 4 N–H and O–H groups in total. The van der Waals surface area contributed by atoms with Crippen LogP contribution in [0.25, 0.3) is 160 Å². The van der Waals surface area contributed by atoms with Gasteiger partial charge in [0, 0.05) is 89.7 Å². The number of hydrogen-bond acceptors (Lipinski definition) is 6. The second-order valence-electron chi connectivity index (χ2n) is 22.0. The summed E-state index contributed by atoms with van der Waals surface area (Å²) in [5, 5.41) is 11.8. The Morgan fingerprint density at radius 2 is 0.629 bits per heavy atom. The molecular weight excluding hydrogens is 1090 g/mol. The number of nitrogens with one attached hydrogen (secondary N) is 4. The van der Waals surface area contributed by atoms with Crippen molar-refractivity contribution in [2.24, 2.45) is 0 Å². The fourth-order valence-electron chi connectivity index (χ4n) is 12.3. The van der Waals surface area contributed by atoms with Crippen molar-refractivity contribution in [3.63, 3.8) is 0 Å². The molecule has 0 unspecified atom stereocenters. The Bertz CT molecular complexity index is 5350. The van der Waals surface area contributed by atoms with Crippen molar-refractivity contribution < 1.29 is 4.92 Å². The highest BCUT2D eigenvalue weighted by atomic mass is 16.6.